The van der Waals surface area contributed by atoms with Gasteiger partial charge in [-0.15, -0.1) is 0 Å². The van der Waals surface area contributed by atoms with E-state index in [4.69, 9.17) is 17.3 Å². The van der Waals surface area contributed by atoms with Crippen LogP contribution in [-0.4, -0.2) is 5.11 Å². The highest BCUT2D eigenvalue weighted by atomic mass is 35.5. The number of hydrogen-bond donors (Lipinski definition) is 2. The van der Waals surface area contributed by atoms with Crippen LogP contribution in [0.3, 0.4) is 0 Å². The lowest BCUT2D eigenvalue weighted by Crippen LogP contribution is -2.34. The fraction of sp³-hybridized carbons (Fsp3) is 0.538. The van der Waals surface area contributed by atoms with Crippen LogP contribution in [0.5, 0.6) is 5.75 Å². The fourth-order valence-electron chi connectivity index (χ4n) is 2.73. The molecule has 88 valence electrons. The molecule has 0 amide bonds. The molecule has 0 radical (unpaired) electrons. The highest BCUT2D eigenvalue weighted by Crippen LogP contribution is 2.44. The molecule has 1 aromatic rings. The number of benzene rings is 1. The average molecular weight is 240 g/mol. The minimum atomic E-state index is -0.385. The van der Waals surface area contributed by atoms with Crippen molar-refractivity contribution in [1.82, 2.24) is 0 Å². The van der Waals surface area contributed by atoms with Gasteiger partial charge in [0, 0.05) is 16.1 Å². The predicted octanol–water partition coefficient (Wildman–Crippen LogP) is 3.39. The Hall–Kier alpha value is -0.730. The number of hydrogen-bond acceptors (Lipinski definition) is 2. The monoisotopic (exact) mass is 239 g/mol. The molecule has 16 heavy (non-hydrogen) atoms. The summed E-state index contributed by atoms with van der Waals surface area (Å²) in [6.07, 6.45) is 4.12. The zero-order valence-corrected chi connectivity index (χ0v) is 10.6. The minimum absolute atomic E-state index is 0.325. The van der Waals surface area contributed by atoms with Gasteiger partial charge in [0.1, 0.15) is 5.75 Å². The Morgan fingerprint density at radius 1 is 1.31 bits per heavy atom. The zero-order valence-electron chi connectivity index (χ0n) is 9.81. The molecule has 1 saturated carbocycles. The van der Waals surface area contributed by atoms with Crippen LogP contribution in [0.4, 0.5) is 0 Å². The number of halogens is 1. The normalized spacial score (nSPS) is 19.0. The fourth-order valence-corrected chi connectivity index (χ4v) is 2.98. The van der Waals surface area contributed by atoms with E-state index in [1.165, 1.54) is 0 Å². The van der Waals surface area contributed by atoms with Crippen LogP contribution in [0.1, 0.15) is 42.4 Å². The third-order valence-electron chi connectivity index (χ3n) is 3.68. The van der Waals surface area contributed by atoms with Gasteiger partial charge < -0.3 is 10.8 Å². The van der Waals surface area contributed by atoms with Gasteiger partial charge >= 0.3 is 0 Å². The van der Waals surface area contributed by atoms with Gasteiger partial charge in [-0.2, -0.15) is 0 Å². The summed E-state index contributed by atoms with van der Waals surface area (Å²) in [5.41, 5.74) is 8.61. The van der Waals surface area contributed by atoms with E-state index in [-0.39, 0.29) is 5.54 Å². The molecule has 0 aliphatic heterocycles. The molecular formula is C13H18ClNO. The summed E-state index contributed by atoms with van der Waals surface area (Å²) in [4.78, 5) is 0. The van der Waals surface area contributed by atoms with Crippen molar-refractivity contribution in [3.8, 4) is 5.75 Å². The summed E-state index contributed by atoms with van der Waals surface area (Å²) in [5, 5.41) is 10.9. The number of phenolic OH excluding ortho intramolecular Hbond substituents is 1. The maximum Gasteiger partial charge on any atom is 0.123 e. The summed E-state index contributed by atoms with van der Waals surface area (Å²) in [6.45, 7) is 3.80. The third-order valence-corrected chi connectivity index (χ3v) is 4.07. The van der Waals surface area contributed by atoms with Gasteiger partial charge in [-0.05, 0) is 43.9 Å². The SMILES string of the molecule is Cc1cc(Cl)c(C)c(C2(N)CCCC2)c1O. The Kier molecular flexibility index (Phi) is 2.89. The van der Waals surface area contributed by atoms with E-state index in [2.05, 4.69) is 0 Å². The molecule has 1 aliphatic carbocycles. The minimum Gasteiger partial charge on any atom is -0.507 e. The Balaban J connectivity index is 2.63. The summed E-state index contributed by atoms with van der Waals surface area (Å²) in [6, 6.07) is 1.80. The lowest BCUT2D eigenvalue weighted by molar-refractivity contribution is 0.405. The maximum atomic E-state index is 10.2. The molecule has 1 aliphatic rings. The largest absolute Gasteiger partial charge is 0.507 e. The number of phenols is 1. The van der Waals surface area contributed by atoms with E-state index in [0.29, 0.717) is 10.8 Å². The molecule has 1 aromatic carbocycles. The highest BCUT2D eigenvalue weighted by molar-refractivity contribution is 6.31. The van der Waals surface area contributed by atoms with E-state index in [1.54, 1.807) is 6.07 Å². The van der Waals surface area contributed by atoms with Crippen LogP contribution >= 0.6 is 11.6 Å². The van der Waals surface area contributed by atoms with E-state index >= 15 is 0 Å². The first-order valence-corrected chi connectivity index (χ1v) is 6.11. The van der Waals surface area contributed by atoms with Crippen LogP contribution in [-0.2, 0) is 5.54 Å². The van der Waals surface area contributed by atoms with Crippen molar-refractivity contribution >= 4 is 11.6 Å². The molecule has 0 aromatic heterocycles. The number of nitrogens with two attached hydrogens (primary N) is 1. The van der Waals surface area contributed by atoms with Crippen LogP contribution in [0.2, 0.25) is 5.02 Å². The van der Waals surface area contributed by atoms with Gasteiger partial charge in [0.05, 0.1) is 0 Å². The van der Waals surface area contributed by atoms with Crippen molar-refractivity contribution in [2.24, 2.45) is 5.73 Å². The topological polar surface area (TPSA) is 46.2 Å². The molecule has 0 bridgehead atoms. The summed E-state index contributed by atoms with van der Waals surface area (Å²) < 4.78 is 0. The smallest absolute Gasteiger partial charge is 0.123 e. The van der Waals surface area contributed by atoms with E-state index in [1.807, 2.05) is 13.8 Å². The number of aryl methyl sites for hydroxylation is 1. The summed E-state index contributed by atoms with van der Waals surface area (Å²) in [5.74, 6) is 0.325. The van der Waals surface area contributed by atoms with Crippen molar-refractivity contribution in [3.05, 3.63) is 27.8 Å². The first-order valence-electron chi connectivity index (χ1n) is 5.74. The second-order valence-corrected chi connectivity index (χ2v) is 5.29. The van der Waals surface area contributed by atoms with Crippen molar-refractivity contribution in [3.63, 3.8) is 0 Å². The third kappa shape index (κ3) is 1.70. The van der Waals surface area contributed by atoms with Gasteiger partial charge in [0.15, 0.2) is 0 Å². The van der Waals surface area contributed by atoms with Crippen molar-refractivity contribution < 1.29 is 5.11 Å². The first-order chi connectivity index (χ1) is 7.46. The molecule has 0 atom stereocenters. The average Bonchev–Trinajstić information content (AvgIpc) is 2.63. The zero-order chi connectivity index (χ0) is 11.9. The van der Waals surface area contributed by atoms with E-state index in [9.17, 15) is 5.11 Å². The molecule has 0 spiro atoms. The molecule has 1 fully saturated rings. The molecule has 0 saturated heterocycles. The van der Waals surface area contributed by atoms with Crippen LogP contribution in [0.25, 0.3) is 0 Å². The second kappa shape index (κ2) is 3.94. The van der Waals surface area contributed by atoms with Crippen molar-refractivity contribution in [2.75, 3.05) is 0 Å². The lowest BCUT2D eigenvalue weighted by atomic mass is 9.84. The first kappa shape index (κ1) is 11.7. The summed E-state index contributed by atoms with van der Waals surface area (Å²) in [7, 11) is 0. The molecule has 3 heteroatoms. The van der Waals surface area contributed by atoms with Gasteiger partial charge in [-0.25, -0.2) is 0 Å². The van der Waals surface area contributed by atoms with Crippen molar-refractivity contribution in [2.45, 2.75) is 45.1 Å². The van der Waals surface area contributed by atoms with Crippen LogP contribution in [0, 0.1) is 13.8 Å². The number of aromatic hydroxyl groups is 1. The van der Waals surface area contributed by atoms with Gasteiger partial charge in [0.25, 0.3) is 0 Å². The quantitative estimate of drug-likeness (QED) is 0.789. The van der Waals surface area contributed by atoms with Gasteiger partial charge in [-0.1, -0.05) is 24.4 Å². The molecule has 3 N–H and O–H groups in total. The lowest BCUT2D eigenvalue weighted by Gasteiger charge is -2.28. The Bertz CT molecular complexity index is 396. The van der Waals surface area contributed by atoms with E-state index < -0.39 is 0 Å². The molecule has 0 unspecified atom stereocenters. The maximum absolute atomic E-state index is 10.2. The number of rotatable bonds is 1. The standard InChI is InChI=1S/C13H18ClNO/c1-8-7-10(14)9(2)11(12(8)16)13(15)5-3-4-6-13/h7,16H,3-6,15H2,1-2H3. The van der Waals surface area contributed by atoms with E-state index in [0.717, 1.165) is 42.4 Å². The Labute approximate surface area is 101 Å². The van der Waals surface area contributed by atoms with Gasteiger partial charge in [-0.3, -0.25) is 0 Å². The van der Waals surface area contributed by atoms with Crippen molar-refractivity contribution in [1.29, 1.82) is 0 Å². The van der Waals surface area contributed by atoms with Crippen LogP contribution < -0.4 is 5.73 Å². The highest BCUT2D eigenvalue weighted by Gasteiger charge is 2.35. The second-order valence-electron chi connectivity index (χ2n) is 4.89. The Morgan fingerprint density at radius 2 is 1.88 bits per heavy atom. The Morgan fingerprint density at radius 3 is 2.44 bits per heavy atom. The van der Waals surface area contributed by atoms with Crippen LogP contribution in [0.15, 0.2) is 6.07 Å². The summed E-state index contributed by atoms with van der Waals surface area (Å²) >= 11 is 6.16. The predicted molar refractivity (Wildman–Crippen MR) is 66.9 cm³/mol. The van der Waals surface area contributed by atoms with Gasteiger partial charge in [0.2, 0.25) is 0 Å². The molecule has 2 rings (SSSR count). The molecular weight excluding hydrogens is 222 g/mol. The molecule has 0 heterocycles. The molecule has 2 nitrogen and oxygen atoms in total.